The number of non-ortho nitro benzene ring substituents is 1. The number of hydrogen-bond donors (Lipinski definition) is 2. The molecule has 1 aliphatic heterocycles. The summed E-state index contributed by atoms with van der Waals surface area (Å²) >= 11 is 0. The Kier molecular flexibility index (Phi) is 4.78. The van der Waals surface area contributed by atoms with Crippen molar-refractivity contribution in [2.45, 2.75) is 39.2 Å². The lowest BCUT2D eigenvalue weighted by Crippen LogP contribution is -2.64. The average Bonchev–Trinajstić information content (AvgIpc) is 2.78. The molecule has 0 saturated heterocycles. The van der Waals surface area contributed by atoms with Crippen LogP contribution in [0.15, 0.2) is 18.2 Å². The Morgan fingerprint density at radius 2 is 1.74 bits per heavy atom. The number of nitro benzene ring substituents is 1. The van der Waals surface area contributed by atoms with Gasteiger partial charge in [-0.15, -0.1) is 0 Å². The van der Waals surface area contributed by atoms with Crippen LogP contribution in [-0.2, 0) is 9.59 Å². The zero-order valence-corrected chi connectivity index (χ0v) is 15.0. The van der Waals surface area contributed by atoms with Crippen molar-refractivity contribution in [1.29, 1.82) is 0 Å². The SMILES string of the molecule is CC(C)(C)[C@@](CCC(N)=O)(C(=O)O)N1C(=O)c2ccc([N+](=O)[O-])cc2C1=O. The number of carboxylic acids is 1. The predicted octanol–water partition coefficient (Wildman–Crippen LogP) is 1.33. The number of primary amides is 1. The summed E-state index contributed by atoms with van der Waals surface area (Å²) in [6.45, 7) is 4.57. The molecule has 0 aliphatic carbocycles. The number of nitrogens with two attached hydrogens (primary N) is 1. The van der Waals surface area contributed by atoms with E-state index in [9.17, 15) is 34.4 Å². The van der Waals surface area contributed by atoms with Gasteiger partial charge in [-0.25, -0.2) is 4.79 Å². The number of hydrogen-bond acceptors (Lipinski definition) is 6. The zero-order chi connectivity index (χ0) is 20.7. The highest BCUT2D eigenvalue weighted by molar-refractivity contribution is 6.23. The van der Waals surface area contributed by atoms with E-state index in [4.69, 9.17) is 5.73 Å². The van der Waals surface area contributed by atoms with Crippen LogP contribution in [0.25, 0.3) is 0 Å². The van der Waals surface area contributed by atoms with Crippen LogP contribution in [0.1, 0.15) is 54.3 Å². The van der Waals surface area contributed by atoms with E-state index in [2.05, 4.69) is 0 Å². The van der Waals surface area contributed by atoms with Crippen LogP contribution in [0, 0.1) is 15.5 Å². The van der Waals surface area contributed by atoms with Crippen molar-refractivity contribution < 1.29 is 29.2 Å². The van der Waals surface area contributed by atoms with Gasteiger partial charge in [-0.05, 0) is 17.9 Å². The number of fused-ring (bicyclic) bond motifs is 1. The number of rotatable bonds is 6. The van der Waals surface area contributed by atoms with E-state index in [0.29, 0.717) is 4.90 Å². The summed E-state index contributed by atoms with van der Waals surface area (Å²) < 4.78 is 0. The maximum atomic E-state index is 12.9. The number of benzene rings is 1. The van der Waals surface area contributed by atoms with Gasteiger partial charge < -0.3 is 10.8 Å². The van der Waals surface area contributed by atoms with Gasteiger partial charge in [-0.3, -0.25) is 29.4 Å². The second-order valence-electron chi connectivity index (χ2n) is 7.31. The van der Waals surface area contributed by atoms with Crippen molar-refractivity contribution in [3.05, 3.63) is 39.4 Å². The molecular formula is C17H19N3O7. The van der Waals surface area contributed by atoms with E-state index in [1.54, 1.807) is 0 Å². The minimum atomic E-state index is -2.07. The minimum absolute atomic E-state index is 0.125. The molecule has 144 valence electrons. The van der Waals surface area contributed by atoms with Gasteiger partial charge in [0, 0.05) is 18.6 Å². The van der Waals surface area contributed by atoms with Crippen LogP contribution in [0.3, 0.4) is 0 Å². The number of carboxylic acid groups (broad SMARTS) is 1. The Bertz CT molecular complexity index is 872. The van der Waals surface area contributed by atoms with Gasteiger partial charge >= 0.3 is 5.97 Å². The summed E-state index contributed by atoms with van der Waals surface area (Å²) in [6, 6.07) is 3.13. The molecule has 10 nitrogen and oxygen atoms in total. The zero-order valence-electron chi connectivity index (χ0n) is 15.0. The fourth-order valence-electron chi connectivity index (χ4n) is 3.34. The number of nitro groups is 1. The third kappa shape index (κ3) is 3.03. The molecule has 0 radical (unpaired) electrons. The van der Waals surface area contributed by atoms with Crippen LogP contribution in [0.4, 0.5) is 5.69 Å². The molecule has 0 aromatic heterocycles. The molecule has 3 N–H and O–H groups in total. The first-order chi connectivity index (χ1) is 12.3. The Balaban J connectivity index is 2.68. The maximum Gasteiger partial charge on any atom is 0.330 e. The quantitative estimate of drug-likeness (QED) is 0.429. The highest BCUT2D eigenvalue weighted by atomic mass is 16.6. The normalized spacial score (nSPS) is 16.0. The van der Waals surface area contributed by atoms with Crippen molar-refractivity contribution in [3.63, 3.8) is 0 Å². The van der Waals surface area contributed by atoms with E-state index in [1.165, 1.54) is 20.8 Å². The molecule has 0 bridgehead atoms. The average molecular weight is 377 g/mol. The highest BCUT2D eigenvalue weighted by Gasteiger charge is 2.60. The molecule has 1 heterocycles. The lowest BCUT2D eigenvalue weighted by atomic mass is 9.69. The molecule has 1 atom stereocenters. The van der Waals surface area contributed by atoms with E-state index >= 15 is 0 Å². The number of carbonyl (C=O) groups is 4. The lowest BCUT2D eigenvalue weighted by Gasteiger charge is -2.46. The van der Waals surface area contributed by atoms with Gasteiger partial charge in [0.15, 0.2) is 5.54 Å². The fourth-order valence-corrected chi connectivity index (χ4v) is 3.34. The van der Waals surface area contributed by atoms with Gasteiger partial charge in [0.25, 0.3) is 17.5 Å². The summed E-state index contributed by atoms with van der Waals surface area (Å²) in [5, 5.41) is 20.9. The maximum absolute atomic E-state index is 12.9. The third-order valence-corrected chi connectivity index (χ3v) is 4.79. The number of carbonyl (C=O) groups excluding carboxylic acids is 3. The molecule has 1 aliphatic rings. The van der Waals surface area contributed by atoms with Gasteiger partial charge in [-0.1, -0.05) is 20.8 Å². The number of nitrogens with zero attached hydrogens (tertiary/aromatic N) is 2. The molecule has 1 aromatic carbocycles. The van der Waals surface area contributed by atoms with Crippen molar-refractivity contribution in [3.8, 4) is 0 Å². The molecule has 10 heteroatoms. The minimum Gasteiger partial charge on any atom is -0.479 e. The van der Waals surface area contributed by atoms with E-state index in [-0.39, 0.29) is 24.0 Å². The standard InChI is InChI=1S/C17H19N3O7/c1-16(2,3)17(15(24)25,7-6-12(18)21)19-13(22)10-5-4-9(20(26)27)8-11(10)14(19)23/h4-5,8H,6-7H2,1-3H3,(H2,18,21)(H,24,25)/t17-/m1/s1. The Hall–Kier alpha value is -3.30. The lowest BCUT2D eigenvalue weighted by molar-refractivity contribution is -0.384. The van der Waals surface area contributed by atoms with Gasteiger partial charge in [0.1, 0.15) is 0 Å². The molecule has 0 spiro atoms. The monoisotopic (exact) mass is 377 g/mol. The van der Waals surface area contributed by atoms with Crippen molar-refractivity contribution in [2.24, 2.45) is 11.1 Å². The summed E-state index contributed by atoms with van der Waals surface area (Å²) in [5.41, 5.74) is 1.16. The van der Waals surface area contributed by atoms with Crippen LogP contribution in [0.5, 0.6) is 0 Å². The Morgan fingerprint density at radius 3 is 2.19 bits per heavy atom. The molecule has 3 amide bonds. The summed E-state index contributed by atoms with van der Waals surface area (Å²) in [4.78, 5) is 60.2. The number of aliphatic carboxylic acids is 1. The first-order valence-corrected chi connectivity index (χ1v) is 8.03. The molecule has 2 rings (SSSR count). The van der Waals surface area contributed by atoms with Crippen molar-refractivity contribution in [2.75, 3.05) is 0 Å². The second kappa shape index (κ2) is 6.45. The van der Waals surface area contributed by atoms with E-state index in [0.717, 1.165) is 18.2 Å². The molecular weight excluding hydrogens is 358 g/mol. The van der Waals surface area contributed by atoms with Gasteiger partial charge in [0.2, 0.25) is 5.91 Å². The van der Waals surface area contributed by atoms with Gasteiger partial charge in [0.05, 0.1) is 16.1 Å². The van der Waals surface area contributed by atoms with E-state index in [1.807, 2.05) is 0 Å². The van der Waals surface area contributed by atoms with Crippen LogP contribution in [0.2, 0.25) is 0 Å². The first-order valence-electron chi connectivity index (χ1n) is 8.03. The van der Waals surface area contributed by atoms with Crippen LogP contribution in [-0.4, -0.2) is 44.2 Å². The topological polar surface area (TPSA) is 161 Å². The van der Waals surface area contributed by atoms with Crippen molar-refractivity contribution in [1.82, 2.24) is 4.90 Å². The molecule has 0 fully saturated rings. The van der Waals surface area contributed by atoms with Crippen molar-refractivity contribution >= 4 is 29.4 Å². The Labute approximate surface area is 154 Å². The largest absolute Gasteiger partial charge is 0.479 e. The molecule has 0 saturated carbocycles. The Morgan fingerprint density at radius 1 is 1.19 bits per heavy atom. The number of imide groups is 1. The summed E-state index contributed by atoms with van der Waals surface area (Å²) in [6.07, 6.45) is -0.744. The molecule has 0 unspecified atom stereocenters. The molecule has 1 aromatic rings. The van der Waals surface area contributed by atoms with Crippen LogP contribution < -0.4 is 5.73 Å². The number of amides is 3. The van der Waals surface area contributed by atoms with Gasteiger partial charge in [-0.2, -0.15) is 0 Å². The smallest absolute Gasteiger partial charge is 0.330 e. The van der Waals surface area contributed by atoms with Crippen LogP contribution >= 0.6 is 0 Å². The third-order valence-electron chi connectivity index (χ3n) is 4.79. The second-order valence-corrected chi connectivity index (χ2v) is 7.31. The van der Waals surface area contributed by atoms with E-state index < -0.39 is 45.3 Å². The summed E-state index contributed by atoms with van der Waals surface area (Å²) in [5.74, 6) is -4.09. The predicted molar refractivity (Wildman–Crippen MR) is 91.8 cm³/mol. The summed E-state index contributed by atoms with van der Waals surface area (Å²) in [7, 11) is 0. The molecule has 27 heavy (non-hydrogen) atoms. The highest BCUT2D eigenvalue weighted by Crippen LogP contribution is 2.44. The first kappa shape index (κ1) is 20.0. The fraction of sp³-hybridized carbons (Fsp3) is 0.412.